The molecule has 122 valence electrons. The molecule has 0 heterocycles. The predicted molar refractivity (Wildman–Crippen MR) is 92.2 cm³/mol. The van der Waals surface area contributed by atoms with Gasteiger partial charge in [0.1, 0.15) is 0 Å². The quantitative estimate of drug-likeness (QED) is 0.322. The molecule has 0 radical (unpaired) electrons. The van der Waals surface area contributed by atoms with Crippen LogP contribution in [0.3, 0.4) is 0 Å². The van der Waals surface area contributed by atoms with Gasteiger partial charge in [0.2, 0.25) is 0 Å². The van der Waals surface area contributed by atoms with E-state index in [9.17, 15) is 0 Å². The summed E-state index contributed by atoms with van der Waals surface area (Å²) in [6, 6.07) is 0. The Bertz CT molecular complexity index is 166. The number of nitrogens with zero attached hydrogens (tertiary/aromatic N) is 2. The molecule has 0 N–H and O–H groups in total. The van der Waals surface area contributed by atoms with Crippen LogP contribution < -0.4 is 0 Å². The predicted octanol–water partition coefficient (Wildman–Crippen LogP) is 5.14. The van der Waals surface area contributed by atoms with Crippen LogP contribution in [0.1, 0.15) is 86.0 Å². The molecular weight excluding hydrogens is 244 g/mol. The molecule has 0 spiro atoms. The molecule has 0 aliphatic carbocycles. The first-order valence-electron chi connectivity index (χ1n) is 9.23. The lowest BCUT2D eigenvalue weighted by Gasteiger charge is -2.40. The summed E-state index contributed by atoms with van der Waals surface area (Å²) < 4.78 is 0. The number of hydrogen-bond donors (Lipinski definition) is 0. The topological polar surface area (TPSA) is 6.48 Å². The Hall–Kier alpha value is -0.0800. The van der Waals surface area contributed by atoms with E-state index < -0.39 is 0 Å². The molecule has 0 rings (SSSR count). The average molecular weight is 285 g/mol. The first kappa shape index (κ1) is 19.9. The van der Waals surface area contributed by atoms with E-state index in [-0.39, 0.29) is 0 Å². The molecule has 0 amide bonds. The highest BCUT2D eigenvalue weighted by atomic mass is 15.3. The molecule has 0 saturated carbocycles. The molecule has 0 aromatic carbocycles. The van der Waals surface area contributed by atoms with Crippen molar-refractivity contribution >= 4 is 0 Å². The average Bonchev–Trinajstić information content (AvgIpc) is 2.44. The summed E-state index contributed by atoms with van der Waals surface area (Å²) in [6.45, 7) is 16.6. The zero-order valence-corrected chi connectivity index (χ0v) is 15.0. The van der Waals surface area contributed by atoms with E-state index in [1.807, 2.05) is 0 Å². The summed E-state index contributed by atoms with van der Waals surface area (Å²) in [5.41, 5.74) is 0. The monoisotopic (exact) mass is 284 g/mol. The molecular formula is C18H40N2. The lowest BCUT2D eigenvalue weighted by molar-refractivity contribution is 0.0330. The van der Waals surface area contributed by atoms with E-state index in [2.05, 4.69) is 44.4 Å². The Balaban J connectivity index is 4.76. The van der Waals surface area contributed by atoms with Crippen LogP contribution >= 0.6 is 0 Å². The second-order valence-corrected chi connectivity index (χ2v) is 6.05. The van der Waals surface area contributed by atoms with Gasteiger partial charge in [-0.05, 0) is 58.3 Å². The fourth-order valence-electron chi connectivity index (χ4n) is 3.14. The Morgan fingerprint density at radius 1 is 0.550 bits per heavy atom. The summed E-state index contributed by atoms with van der Waals surface area (Å²) >= 11 is 0. The van der Waals surface area contributed by atoms with Crippen LogP contribution in [0.15, 0.2) is 0 Å². The van der Waals surface area contributed by atoms with E-state index in [1.165, 1.54) is 77.5 Å². The maximum absolute atomic E-state index is 2.75. The number of hydrogen-bond acceptors (Lipinski definition) is 2. The zero-order chi connectivity index (χ0) is 15.2. The van der Waals surface area contributed by atoms with Crippen LogP contribution in [-0.4, -0.2) is 42.1 Å². The minimum absolute atomic E-state index is 0.682. The Kier molecular flexibility index (Phi) is 13.8. The van der Waals surface area contributed by atoms with Crippen molar-refractivity contribution in [2.75, 3.05) is 26.2 Å². The standard InChI is InChI=1S/C18H40N2/c1-6-11-12-13-18(19(14-7-2)15-8-3)20(16-9-4)17-10-5/h18H,6-17H2,1-5H3. The second kappa shape index (κ2) is 13.9. The summed E-state index contributed by atoms with van der Waals surface area (Å²) in [5.74, 6) is 0. The lowest BCUT2D eigenvalue weighted by Crippen LogP contribution is -2.49. The highest BCUT2D eigenvalue weighted by Crippen LogP contribution is 2.17. The minimum atomic E-state index is 0.682. The molecule has 0 aliphatic heterocycles. The van der Waals surface area contributed by atoms with Gasteiger partial charge in [0, 0.05) is 0 Å². The first-order valence-corrected chi connectivity index (χ1v) is 9.23. The summed E-state index contributed by atoms with van der Waals surface area (Å²) in [6.07, 6.45) is 11.2. The Labute approximate surface area is 128 Å². The van der Waals surface area contributed by atoms with E-state index in [4.69, 9.17) is 0 Å². The van der Waals surface area contributed by atoms with Crippen molar-refractivity contribution in [3.8, 4) is 0 Å². The number of rotatable bonds is 14. The molecule has 0 aromatic heterocycles. The third-order valence-corrected chi connectivity index (χ3v) is 3.95. The molecule has 0 unspecified atom stereocenters. The summed E-state index contributed by atoms with van der Waals surface area (Å²) in [7, 11) is 0. The zero-order valence-electron chi connectivity index (χ0n) is 15.0. The third-order valence-electron chi connectivity index (χ3n) is 3.95. The fraction of sp³-hybridized carbons (Fsp3) is 1.00. The molecule has 0 saturated heterocycles. The molecule has 2 nitrogen and oxygen atoms in total. The second-order valence-electron chi connectivity index (χ2n) is 6.05. The maximum Gasteiger partial charge on any atom is 0.0622 e. The van der Waals surface area contributed by atoms with Crippen molar-refractivity contribution in [2.45, 2.75) is 92.2 Å². The van der Waals surface area contributed by atoms with Gasteiger partial charge in [-0.15, -0.1) is 0 Å². The normalized spacial score (nSPS) is 12.0. The minimum Gasteiger partial charge on any atom is -0.288 e. The van der Waals surface area contributed by atoms with Gasteiger partial charge in [-0.1, -0.05) is 53.9 Å². The van der Waals surface area contributed by atoms with Crippen LogP contribution in [0, 0.1) is 0 Å². The lowest BCUT2D eigenvalue weighted by atomic mass is 10.1. The van der Waals surface area contributed by atoms with E-state index in [0.29, 0.717) is 6.17 Å². The highest BCUT2D eigenvalue weighted by molar-refractivity contribution is 4.73. The van der Waals surface area contributed by atoms with E-state index >= 15 is 0 Å². The smallest absolute Gasteiger partial charge is 0.0622 e. The van der Waals surface area contributed by atoms with Crippen molar-refractivity contribution in [3.63, 3.8) is 0 Å². The van der Waals surface area contributed by atoms with Crippen molar-refractivity contribution in [2.24, 2.45) is 0 Å². The molecule has 0 atom stereocenters. The highest BCUT2D eigenvalue weighted by Gasteiger charge is 2.22. The van der Waals surface area contributed by atoms with Crippen molar-refractivity contribution in [1.29, 1.82) is 0 Å². The van der Waals surface area contributed by atoms with Gasteiger partial charge in [-0.25, -0.2) is 0 Å². The van der Waals surface area contributed by atoms with E-state index in [0.717, 1.165) is 0 Å². The van der Waals surface area contributed by atoms with Crippen molar-refractivity contribution < 1.29 is 0 Å². The van der Waals surface area contributed by atoms with Gasteiger partial charge < -0.3 is 0 Å². The number of unbranched alkanes of at least 4 members (excludes halogenated alkanes) is 2. The largest absolute Gasteiger partial charge is 0.288 e. The van der Waals surface area contributed by atoms with Crippen LogP contribution in [0.4, 0.5) is 0 Å². The van der Waals surface area contributed by atoms with Gasteiger partial charge in [-0.2, -0.15) is 0 Å². The Morgan fingerprint density at radius 3 is 1.25 bits per heavy atom. The van der Waals surface area contributed by atoms with Crippen LogP contribution in [-0.2, 0) is 0 Å². The molecule has 20 heavy (non-hydrogen) atoms. The van der Waals surface area contributed by atoms with Crippen LogP contribution in [0.25, 0.3) is 0 Å². The third kappa shape index (κ3) is 8.26. The fourth-order valence-corrected chi connectivity index (χ4v) is 3.14. The molecule has 0 aliphatic rings. The maximum atomic E-state index is 2.75. The molecule has 0 bridgehead atoms. The van der Waals surface area contributed by atoms with Gasteiger partial charge in [0.25, 0.3) is 0 Å². The van der Waals surface area contributed by atoms with Gasteiger partial charge in [0.15, 0.2) is 0 Å². The van der Waals surface area contributed by atoms with Crippen LogP contribution in [0.2, 0.25) is 0 Å². The molecule has 2 heteroatoms. The van der Waals surface area contributed by atoms with Crippen LogP contribution in [0.5, 0.6) is 0 Å². The molecule has 0 aromatic rings. The van der Waals surface area contributed by atoms with E-state index in [1.54, 1.807) is 0 Å². The summed E-state index contributed by atoms with van der Waals surface area (Å²) in [5, 5.41) is 0. The Morgan fingerprint density at radius 2 is 0.950 bits per heavy atom. The van der Waals surface area contributed by atoms with Gasteiger partial charge >= 0.3 is 0 Å². The van der Waals surface area contributed by atoms with Gasteiger partial charge in [-0.3, -0.25) is 9.80 Å². The SMILES string of the molecule is CCCCCC(N(CCC)CCC)N(CCC)CCC. The first-order chi connectivity index (χ1) is 9.74. The molecule has 0 fully saturated rings. The van der Waals surface area contributed by atoms with Crippen molar-refractivity contribution in [3.05, 3.63) is 0 Å². The summed E-state index contributed by atoms with van der Waals surface area (Å²) in [4.78, 5) is 5.50. The van der Waals surface area contributed by atoms with Crippen molar-refractivity contribution in [1.82, 2.24) is 9.80 Å². The van der Waals surface area contributed by atoms with Gasteiger partial charge in [0.05, 0.1) is 6.17 Å².